The van der Waals surface area contributed by atoms with E-state index in [0.29, 0.717) is 16.6 Å². The van der Waals surface area contributed by atoms with Crippen LogP contribution < -0.4 is 5.73 Å². The number of aliphatic hydroxyl groups is 2. The molecule has 3 heterocycles. The molecule has 3 rings (SSSR count). The van der Waals surface area contributed by atoms with Gasteiger partial charge < -0.3 is 25.3 Å². The Morgan fingerprint density at radius 1 is 1.59 bits per heavy atom. The van der Waals surface area contributed by atoms with Crippen LogP contribution in [0.5, 0.6) is 0 Å². The Morgan fingerprint density at radius 3 is 2.91 bits per heavy atom. The summed E-state index contributed by atoms with van der Waals surface area (Å²) < 4.78 is 21.9. The summed E-state index contributed by atoms with van der Waals surface area (Å²) in [5, 5.41) is 19.7. The molecule has 0 bridgehead atoms. The molecule has 0 spiro atoms. The van der Waals surface area contributed by atoms with E-state index >= 15 is 0 Å². The van der Waals surface area contributed by atoms with E-state index in [1.165, 1.54) is 17.8 Å². The van der Waals surface area contributed by atoms with Crippen LogP contribution in [-0.2, 0) is 4.74 Å². The van der Waals surface area contributed by atoms with Gasteiger partial charge in [0.25, 0.3) is 0 Å². The quantitative estimate of drug-likeness (QED) is 0.768. The fourth-order valence-corrected chi connectivity index (χ4v) is 2.83. The second-order valence-corrected chi connectivity index (χ2v) is 5.46. The molecular weight excluding hydrogens is 291 g/mol. The molecule has 22 heavy (non-hydrogen) atoms. The Morgan fingerprint density at radius 2 is 2.32 bits per heavy atom. The lowest BCUT2D eigenvalue weighted by molar-refractivity contribution is -0.0564. The number of nitrogens with two attached hydrogens (primary N) is 1. The van der Waals surface area contributed by atoms with Crippen molar-refractivity contribution in [3.8, 4) is 0 Å². The van der Waals surface area contributed by atoms with Crippen LogP contribution in [0.25, 0.3) is 17.1 Å². The van der Waals surface area contributed by atoms with E-state index in [1.807, 2.05) is 0 Å². The zero-order valence-electron chi connectivity index (χ0n) is 12.0. The summed E-state index contributed by atoms with van der Waals surface area (Å²) >= 11 is 0. The summed E-state index contributed by atoms with van der Waals surface area (Å²) in [6, 6.07) is 0. The maximum atomic E-state index is 14.9. The van der Waals surface area contributed by atoms with Crippen molar-refractivity contribution in [2.75, 3.05) is 12.3 Å². The van der Waals surface area contributed by atoms with E-state index in [-0.39, 0.29) is 5.82 Å². The Balaban J connectivity index is 2.19. The van der Waals surface area contributed by atoms with Gasteiger partial charge in [0.1, 0.15) is 30.0 Å². The monoisotopic (exact) mass is 308 g/mol. The molecule has 1 fully saturated rings. The highest BCUT2D eigenvalue weighted by Gasteiger charge is 2.55. The van der Waals surface area contributed by atoms with Gasteiger partial charge in [-0.2, -0.15) is 0 Å². The normalized spacial score (nSPS) is 31.7. The molecule has 2 aromatic rings. The molecule has 0 saturated carbocycles. The molecule has 118 valence electrons. The van der Waals surface area contributed by atoms with Crippen molar-refractivity contribution in [1.29, 1.82) is 0 Å². The fraction of sp³-hybridized carbons (Fsp3) is 0.429. The molecule has 4 N–H and O–H groups in total. The maximum absolute atomic E-state index is 14.9. The van der Waals surface area contributed by atoms with Gasteiger partial charge in [0.05, 0.1) is 12.0 Å². The number of hydrogen-bond acceptors (Lipinski definition) is 6. The predicted octanol–water partition coefficient (Wildman–Crippen LogP) is 0.635. The Kier molecular flexibility index (Phi) is 3.39. The number of nitrogen functional groups attached to an aromatic ring is 1. The lowest BCUT2D eigenvalue weighted by Gasteiger charge is -2.25. The first-order valence-electron chi connectivity index (χ1n) is 6.78. The van der Waals surface area contributed by atoms with Crippen molar-refractivity contribution in [3.05, 3.63) is 24.7 Å². The molecule has 2 aromatic heterocycles. The van der Waals surface area contributed by atoms with E-state index in [1.54, 1.807) is 12.3 Å². The zero-order chi connectivity index (χ0) is 16.1. The first-order chi connectivity index (χ1) is 10.4. The molecule has 1 aliphatic rings. The molecule has 1 aliphatic heterocycles. The van der Waals surface area contributed by atoms with Crippen LogP contribution in [0.4, 0.5) is 10.2 Å². The standard InChI is InChI=1S/C14H17FN4O3/c1-3-7-4-19(12-9(7)11(16)17-6-18-12)13-14(2,15)10(21)8(5-20)22-13/h3-4,6,8,10,13,20-21H,1,5H2,2H3,(H2,16,17,18)/t8?,10-,13?,14?/m1/s1. The number of ether oxygens (including phenoxy) is 1. The molecule has 0 aromatic carbocycles. The Hall–Kier alpha value is -2.03. The number of alkyl halides is 1. The zero-order valence-corrected chi connectivity index (χ0v) is 12.0. The topological polar surface area (TPSA) is 106 Å². The highest BCUT2D eigenvalue weighted by molar-refractivity contribution is 5.94. The summed E-state index contributed by atoms with van der Waals surface area (Å²) in [7, 11) is 0. The molecule has 3 unspecified atom stereocenters. The summed E-state index contributed by atoms with van der Waals surface area (Å²) in [5.41, 5.74) is 4.77. The molecule has 7 nitrogen and oxygen atoms in total. The number of halogens is 1. The predicted molar refractivity (Wildman–Crippen MR) is 78.5 cm³/mol. The lowest BCUT2D eigenvalue weighted by Crippen LogP contribution is -2.40. The van der Waals surface area contributed by atoms with Crippen molar-refractivity contribution in [2.24, 2.45) is 0 Å². The van der Waals surface area contributed by atoms with Crippen LogP contribution in [0.3, 0.4) is 0 Å². The minimum absolute atomic E-state index is 0.247. The molecule has 8 heteroatoms. The lowest BCUT2D eigenvalue weighted by atomic mass is 9.98. The summed E-state index contributed by atoms with van der Waals surface area (Å²) in [5.74, 6) is 0.247. The molecule has 0 amide bonds. The van der Waals surface area contributed by atoms with Gasteiger partial charge in [0.15, 0.2) is 11.9 Å². The largest absolute Gasteiger partial charge is 0.394 e. The molecule has 4 atom stereocenters. The Bertz CT molecular complexity index is 730. The van der Waals surface area contributed by atoms with Gasteiger partial charge in [-0.25, -0.2) is 14.4 Å². The summed E-state index contributed by atoms with van der Waals surface area (Å²) in [6.45, 7) is 4.44. The number of aliphatic hydroxyl groups excluding tert-OH is 2. The highest BCUT2D eigenvalue weighted by atomic mass is 19.1. The molecule has 1 saturated heterocycles. The van der Waals surface area contributed by atoms with Crippen molar-refractivity contribution in [3.63, 3.8) is 0 Å². The van der Waals surface area contributed by atoms with Crippen molar-refractivity contribution < 1.29 is 19.3 Å². The number of aromatic nitrogens is 3. The smallest absolute Gasteiger partial charge is 0.181 e. The first-order valence-corrected chi connectivity index (χ1v) is 6.78. The highest BCUT2D eigenvalue weighted by Crippen LogP contribution is 2.43. The van der Waals surface area contributed by atoms with Gasteiger partial charge in [-0.15, -0.1) is 0 Å². The van der Waals surface area contributed by atoms with E-state index in [9.17, 15) is 14.6 Å². The summed E-state index contributed by atoms with van der Waals surface area (Å²) in [6.07, 6.45) is 0.812. The van der Waals surface area contributed by atoms with Gasteiger partial charge in [-0.05, 0) is 6.92 Å². The van der Waals surface area contributed by atoms with Crippen molar-refractivity contribution >= 4 is 22.9 Å². The van der Waals surface area contributed by atoms with Gasteiger partial charge in [-0.3, -0.25) is 0 Å². The van der Waals surface area contributed by atoms with Crippen LogP contribution in [0.1, 0.15) is 18.7 Å². The molecule has 0 radical (unpaired) electrons. The molecule has 0 aliphatic carbocycles. The van der Waals surface area contributed by atoms with Crippen LogP contribution in [0.2, 0.25) is 0 Å². The van der Waals surface area contributed by atoms with Crippen LogP contribution in [-0.4, -0.2) is 49.2 Å². The number of nitrogens with zero attached hydrogens (tertiary/aromatic N) is 3. The number of fused-ring (bicyclic) bond motifs is 1. The van der Waals surface area contributed by atoms with E-state index in [0.717, 1.165) is 0 Å². The van der Waals surface area contributed by atoms with Gasteiger partial charge in [0.2, 0.25) is 0 Å². The second-order valence-electron chi connectivity index (χ2n) is 5.46. The number of anilines is 1. The Labute approximate surface area is 125 Å². The van der Waals surface area contributed by atoms with Gasteiger partial charge in [-0.1, -0.05) is 12.7 Å². The average molecular weight is 308 g/mol. The van der Waals surface area contributed by atoms with E-state index in [2.05, 4.69) is 16.5 Å². The maximum Gasteiger partial charge on any atom is 0.181 e. The third kappa shape index (κ3) is 1.92. The third-order valence-electron chi connectivity index (χ3n) is 4.04. The third-order valence-corrected chi connectivity index (χ3v) is 4.04. The first kappa shape index (κ1) is 14.9. The van der Waals surface area contributed by atoms with Gasteiger partial charge >= 0.3 is 0 Å². The molecular formula is C14H17FN4O3. The van der Waals surface area contributed by atoms with Crippen LogP contribution >= 0.6 is 0 Å². The minimum atomic E-state index is -2.10. The van der Waals surface area contributed by atoms with Crippen molar-refractivity contribution in [1.82, 2.24) is 14.5 Å². The SMILES string of the molecule is C=Cc1cn(C2OC(CO)[C@@H](O)C2(C)F)c2ncnc(N)c12. The van der Waals surface area contributed by atoms with Crippen LogP contribution in [0.15, 0.2) is 19.1 Å². The fourth-order valence-electron chi connectivity index (χ4n) is 2.83. The minimum Gasteiger partial charge on any atom is -0.394 e. The van der Waals surface area contributed by atoms with E-state index in [4.69, 9.17) is 10.5 Å². The summed E-state index contributed by atoms with van der Waals surface area (Å²) in [4.78, 5) is 8.05. The number of hydrogen-bond donors (Lipinski definition) is 3. The van der Waals surface area contributed by atoms with E-state index < -0.39 is 30.7 Å². The number of rotatable bonds is 3. The van der Waals surface area contributed by atoms with Gasteiger partial charge in [0, 0.05) is 11.8 Å². The average Bonchev–Trinajstić information content (AvgIpc) is 2.97. The van der Waals surface area contributed by atoms with Crippen molar-refractivity contribution in [2.45, 2.75) is 31.0 Å². The second kappa shape index (κ2) is 5.01. The van der Waals surface area contributed by atoms with Crippen LogP contribution in [0, 0.1) is 0 Å².